The molecule has 2 rings (SSSR count). The van der Waals surface area contributed by atoms with Gasteiger partial charge in [-0.15, -0.1) is 10.2 Å². The number of benzene rings is 1. The quantitative estimate of drug-likeness (QED) is 0.783. The third-order valence-electron chi connectivity index (χ3n) is 3.54. The summed E-state index contributed by atoms with van der Waals surface area (Å²) in [5.41, 5.74) is 3.21. The lowest BCUT2D eigenvalue weighted by molar-refractivity contribution is -0.128. The molecule has 1 heterocycles. The fourth-order valence-electron chi connectivity index (χ4n) is 2.25. The van der Waals surface area contributed by atoms with Crippen LogP contribution in [0.3, 0.4) is 0 Å². The lowest BCUT2D eigenvalue weighted by Crippen LogP contribution is -2.34. The Morgan fingerprint density at radius 3 is 2.48 bits per heavy atom. The number of hydrogen-bond acceptors (Lipinski definition) is 5. The van der Waals surface area contributed by atoms with Crippen LogP contribution in [0.25, 0.3) is 11.5 Å². The van der Waals surface area contributed by atoms with E-state index in [0.29, 0.717) is 11.1 Å². The fraction of sp³-hybridized carbons (Fsp3) is 0.471. The maximum Gasteiger partial charge on any atom is 0.277 e. The third-order valence-corrected chi connectivity index (χ3v) is 4.90. The monoisotopic (exact) mass is 333 g/mol. The Hall–Kier alpha value is -1.82. The average molecular weight is 333 g/mol. The van der Waals surface area contributed by atoms with Gasteiger partial charge in [-0.3, -0.25) is 4.79 Å². The van der Waals surface area contributed by atoms with Crippen LogP contribution in [-0.2, 0) is 4.79 Å². The van der Waals surface area contributed by atoms with E-state index >= 15 is 0 Å². The molecule has 23 heavy (non-hydrogen) atoms. The second kappa shape index (κ2) is 7.17. The maximum atomic E-state index is 12.3. The van der Waals surface area contributed by atoms with Crippen LogP contribution in [0.1, 0.15) is 25.0 Å². The summed E-state index contributed by atoms with van der Waals surface area (Å²) in [4.78, 5) is 13.9. The van der Waals surface area contributed by atoms with Crippen LogP contribution in [0.2, 0.25) is 0 Å². The molecule has 0 bridgehead atoms. The standard InChI is InChI=1S/C17H23N3O2S/c1-10(2)14(16(21)20(5)6)23-17-19-18-15(22-17)13-8-7-11(3)9-12(13)4/h7-10,14H,1-6H3. The van der Waals surface area contributed by atoms with Crippen LogP contribution in [0, 0.1) is 19.8 Å². The predicted molar refractivity (Wildman–Crippen MR) is 92.4 cm³/mol. The Labute approximate surface area is 141 Å². The molecule has 1 aromatic heterocycles. The zero-order valence-corrected chi connectivity index (χ0v) is 15.3. The molecule has 1 unspecified atom stereocenters. The number of rotatable bonds is 5. The number of amides is 1. The zero-order chi connectivity index (χ0) is 17.1. The van der Waals surface area contributed by atoms with E-state index in [2.05, 4.69) is 16.3 Å². The van der Waals surface area contributed by atoms with Crippen molar-refractivity contribution < 1.29 is 9.21 Å². The second-order valence-corrected chi connectivity index (χ2v) is 7.30. The third kappa shape index (κ3) is 4.13. The van der Waals surface area contributed by atoms with E-state index in [1.807, 2.05) is 39.8 Å². The predicted octanol–water partition coefficient (Wildman–Crippen LogP) is 3.56. The minimum Gasteiger partial charge on any atom is -0.411 e. The molecule has 0 spiro atoms. The van der Waals surface area contributed by atoms with Crippen molar-refractivity contribution in [3.8, 4) is 11.5 Å². The van der Waals surface area contributed by atoms with Gasteiger partial charge in [-0.25, -0.2) is 0 Å². The highest BCUT2D eigenvalue weighted by Crippen LogP contribution is 2.31. The van der Waals surface area contributed by atoms with Crippen LogP contribution in [0.5, 0.6) is 0 Å². The molecule has 0 aliphatic heterocycles. The van der Waals surface area contributed by atoms with Crippen molar-refractivity contribution in [2.75, 3.05) is 14.1 Å². The largest absolute Gasteiger partial charge is 0.411 e. The number of carbonyl (C=O) groups excluding carboxylic acids is 1. The molecule has 0 radical (unpaired) electrons. The highest BCUT2D eigenvalue weighted by Gasteiger charge is 2.27. The van der Waals surface area contributed by atoms with Gasteiger partial charge < -0.3 is 9.32 Å². The molecule has 5 nitrogen and oxygen atoms in total. The number of aryl methyl sites for hydroxylation is 2. The molecule has 0 saturated heterocycles. The van der Waals surface area contributed by atoms with Gasteiger partial charge in [-0.05, 0) is 31.4 Å². The van der Waals surface area contributed by atoms with E-state index in [4.69, 9.17) is 4.42 Å². The summed E-state index contributed by atoms with van der Waals surface area (Å²) in [5.74, 6) is 0.715. The minimum absolute atomic E-state index is 0.0521. The van der Waals surface area contributed by atoms with Crippen molar-refractivity contribution in [3.05, 3.63) is 29.3 Å². The number of hydrogen-bond donors (Lipinski definition) is 0. The molecule has 6 heteroatoms. The summed E-state index contributed by atoms with van der Waals surface area (Å²) in [6, 6.07) is 6.09. The molecule has 0 N–H and O–H groups in total. The van der Waals surface area contributed by atoms with Crippen molar-refractivity contribution >= 4 is 17.7 Å². The Morgan fingerprint density at radius 1 is 1.22 bits per heavy atom. The fourth-order valence-corrected chi connectivity index (χ4v) is 3.27. The van der Waals surface area contributed by atoms with E-state index in [0.717, 1.165) is 11.1 Å². The summed E-state index contributed by atoms with van der Waals surface area (Å²) < 4.78 is 5.77. The van der Waals surface area contributed by atoms with Crippen molar-refractivity contribution in [3.63, 3.8) is 0 Å². The van der Waals surface area contributed by atoms with Gasteiger partial charge in [-0.1, -0.05) is 43.3 Å². The molecular weight excluding hydrogens is 310 g/mol. The smallest absolute Gasteiger partial charge is 0.277 e. The molecule has 0 fully saturated rings. The van der Waals surface area contributed by atoms with E-state index in [-0.39, 0.29) is 17.1 Å². The van der Waals surface area contributed by atoms with Crippen molar-refractivity contribution in [2.45, 2.75) is 38.2 Å². The molecule has 0 saturated carbocycles. The first kappa shape index (κ1) is 17.5. The lowest BCUT2D eigenvalue weighted by Gasteiger charge is -2.21. The zero-order valence-electron chi connectivity index (χ0n) is 14.5. The summed E-state index contributed by atoms with van der Waals surface area (Å²) in [6.07, 6.45) is 0. The number of carbonyl (C=O) groups is 1. The topological polar surface area (TPSA) is 59.2 Å². The first-order chi connectivity index (χ1) is 10.8. The molecular formula is C17H23N3O2S. The van der Waals surface area contributed by atoms with Gasteiger partial charge in [0.05, 0.1) is 5.25 Å². The van der Waals surface area contributed by atoms with E-state index in [1.165, 1.54) is 17.3 Å². The highest BCUT2D eigenvalue weighted by atomic mass is 32.2. The van der Waals surface area contributed by atoms with Crippen molar-refractivity contribution in [2.24, 2.45) is 5.92 Å². The van der Waals surface area contributed by atoms with E-state index in [1.54, 1.807) is 19.0 Å². The van der Waals surface area contributed by atoms with Crippen molar-refractivity contribution in [1.29, 1.82) is 0 Å². The van der Waals surface area contributed by atoms with Crippen LogP contribution >= 0.6 is 11.8 Å². The van der Waals surface area contributed by atoms with Gasteiger partial charge >= 0.3 is 0 Å². The summed E-state index contributed by atoms with van der Waals surface area (Å²) >= 11 is 1.33. The van der Waals surface area contributed by atoms with Crippen LogP contribution in [-0.4, -0.2) is 40.3 Å². The molecule has 2 aromatic rings. The normalized spacial score (nSPS) is 12.5. The number of thioether (sulfide) groups is 1. The Balaban J connectivity index is 2.23. The SMILES string of the molecule is Cc1ccc(-c2nnc(SC(C(=O)N(C)C)C(C)C)o2)c(C)c1. The second-order valence-electron chi connectivity index (χ2n) is 6.21. The van der Waals surface area contributed by atoms with Crippen LogP contribution < -0.4 is 0 Å². The highest BCUT2D eigenvalue weighted by molar-refractivity contribution is 8.00. The van der Waals surface area contributed by atoms with Gasteiger partial charge in [0, 0.05) is 19.7 Å². The van der Waals surface area contributed by atoms with E-state index in [9.17, 15) is 4.79 Å². The van der Waals surface area contributed by atoms with E-state index < -0.39 is 0 Å². The first-order valence-electron chi connectivity index (χ1n) is 7.58. The Bertz CT molecular complexity index is 695. The lowest BCUT2D eigenvalue weighted by atomic mass is 10.1. The molecule has 0 aliphatic carbocycles. The summed E-state index contributed by atoms with van der Waals surface area (Å²) in [7, 11) is 3.51. The van der Waals surface area contributed by atoms with Gasteiger partial charge in [0.25, 0.3) is 5.22 Å². The van der Waals surface area contributed by atoms with Gasteiger partial charge in [-0.2, -0.15) is 0 Å². The maximum absolute atomic E-state index is 12.3. The number of nitrogens with zero attached hydrogens (tertiary/aromatic N) is 3. The summed E-state index contributed by atoms with van der Waals surface area (Å²) in [5, 5.41) is 8.41. The Kier molecular flexibility index (Phi) is 5.46. The van der Waals surface area contributed by atoms with Crippen LogP contribution in [0.15, 0.2) is 27.8 Å². The Morgan fingerprint density at radius 2 is 1.91 bits per heavy atom. The van der Waals surface area contributed by atoms with Gasteiger partial charge in [0.2, 0.25) is 11.8 Å². The summed E-state index contributed by atoms with van der Waals surface area (Å²) in [6.45, 7) is 8.10. The van der Waals surface area contributed by atoms with Crippen molar-refractivity contribution in [1.82, 2.24) is 15.1 Å². The average Bonchev–Trinajstić information content (AvgIpc) is 2.92. The minimum atomic E-state index is -0.239. The molecule has 0 aliphatic rings. The van der Waals surface area contributed by atoms with Gasteiger partial charge in [0.1, 0.15) is 0 Å². The van der Waals surface area contributed by atoms with Crippen LogP contribution in [0.4, 0.5) is 0 Å². The number of aromatic nitrogens is 2. The van der Waals surface area contributed by atoms with Gasteiger partial charge in [0.15, 0.2) is 0 Å². The molecule has 124 valence electrons. The molecule has 1 atom stereocenters. The first-order valence-corrected chi connectivity index (χ1v) is 8.46. The molecule has 1 aromatic carbocycles. The molecule has 1 amide bonds.